The van der Waals surface area contributed by atoms with Gasteiger partial charge in [-0.05, 0) is 89.9 Å². The number of carbonyl (C=O) groups is 3. The van der Waals surface area contributed by atoms with Crippen molar-refractivity contribution < 1.29 is 38.2 Å². The van der Waals surface area contributed by atoms with E-state index in [9.17, 15) is 19.5 Å². The van der Waals surface area contributed by atoms with Crippen molar-refractivity contribution in [1.29, 1.82) is 0 Å². The van der Waals surface area contributed by atoms with Crippen LogP contribution in [-0.2, 0) is 28.6 Å². The first kappa shape index (κ1) is 59.2. The maximum absolute atomic E-state index is 12.8. The molecule has 1 N–H and O–H groups in total. The molecule has 0 radical (unpaired) electrons. The molecule has 63 heavy (non-hydrogen) atoms. The minimum absolute atomic E-state index is 0.0448. The van der Waals surface area contributed by atoms with Gasteiger partial charge in [0.1, 0.15) is 6.61 Å². The summed E-state index contributed by atoms with van der Waals surface area (Å²) in [5.41, 5.74) is 0. The number of allylic oxidation sites excluding steroid dienone is 16. The number of rotatable bonds is 43. The van der Waals surface area contributed by atoms with Crippen LogP contribution >= 0.6 is 0 Å². The number of nitrogens with zero attached hydrogens (tertiary/aromatic N) is 1. The molecule has 0 aromatic rings. The van der Waals surface area contributed by atoms with E-state index >= 15 is 0 Å². The number of likely N-dealkylation sites (N-methyl/N-ethyl adjacent to an activating group) is 1. The largest absolute Gasteiger partial charge is 0.477 e. The third-order valence-corrected chi connectivity index (χ3v) is 10.5. The van der Waals surface area contributed by atoms with Crippen LogP contribution < -0.4 is 0 Å². The predicted molar refractivity (Wildman–Crippen MR) is 266 cm³/mol. The molecule has 2 atom stereocenters. The summed E-state index contributed by atoms with van der Waals surface area (Å²) in [6, 6.07) is -0.626. The molecular formula is C55H92NO7+. The topological polar surface area (TPSA) is 99.1 Å². The summed E-state index contributed by atoms with van der Waals surface area (Å²) in [7, 11) is 5.51. The molecular weight excluding hydrogens is 787 g/mol. The summed E-state index contributed by atoms with van der Waals surface area (Å²) < 4.78 is 17.3. The molecule has 0 aliphatic rings. The molecule has 0 rings (SSSR count). The predicted octanol–water partition coefficient (Wildman–Crippen LogP) is 14.2. The Morgan fingerprint density at radius 2 is 0.841 bits per heavy atom. The number of carbonyl (C=O) groups excluding carboxylic acids is 2. The fourth-order valence-electron chi connectivity index (χ4n) is 6.72. The highest BCUT2D eigenvalue weighted by Crippen LogP contribution is 2.14. The molecule has 8 nitrogen and oxygen atoms in total. The number of hydrogen-bond donors (Lipinski definition) is 1. The van der Waals surface area contributed by atoms with Gasteiger partial charge in [-0.3, -0.25) is 9.59 Å². The summed E-state index contributed by atoms with van der Waals surface area (Å²) in [5, 5.41) is 9.65. The van der Waals surface area contributed by atoms with E-state index in [1.165, 1.54) is 38.5 Å². The van der Waals surface area contributed by atoms with E-state index in [2.05, 4.69) is 111 Å². The highest BCUT2D eigenvalue weighted by atomic mass is 16.6. The molecule has 8 heteroatoms. The second kappa shape index (κ2) is 44.8. The van der Waals surface area contributed by atoms with E-state index in [1.807, 2.05) is 21.1 Å². The molecule has 0 aliphatic heterocycles. The Balaban J connectivity index is 4.35. The number of carboxylic acid groups (broad SMARTS) is 1. The van der Waals surface area contributed by atoms with Crippen molar-refractivity contribution in [3.05, 3.63) is 97.2 Å². The number of carboxylic acids is 1. The molecule has 0 bridgehead atoms. The summed E-state index contributed by atoms with van der Waals surface area (Å²) in [5.74, 6) is -1.52. The zero-order valence-electron chi connectivity index (χ0n) is 40.7. The molecule has 0 spiro atoms. The van der Waals surface area contributed by atoms with E-state index in [0.29, 0.717) is 19.3 Å². The highest BCUT2D eigenvalue weighted by Gasteiger charge is 2.31. The monoisotopic (exact) mass is 879 g/mol. The van der Waals surface area contributed by atoms with Gasteiger partial charge in [0.15, 0.2) is 12.1 Å². The smallest absolute Gasteiger partial charge is 0.362 e. The Kier molecular flexibility index (Phi) is 42.2. The van der Waals surface area contributed by atoms with Gasteiger partial charge in [0.2, 0.25) is 0 Å². The summed E-state index contributed by atoms with van der Waals surface area (Å²) in [6.45, 7) is 4.47. The minimum atomic E-state index is -0.883. The standard InChI is InChI=1S/C55H91NO7/c1-6-8-10-12-14-16-18-20-22-24-26-28-29-31-33-35-37-39-41-43-45-53(57)62-50-51(49-61-48-47-52(55(59)60)56(3,4)5)63-54(58)46-44-42-40-38-36-34-32-30-27-25-23-21-19-17-15-13-11-9-7-2/h8-11,14-17,20-23,26,28,31,33,51-52H,6-7,12-13,18-19,24-25,27,29-30,32,34-50H2,1-5H3/p+1/b10-8+,11-9+,16-14+,17-15+,22-20+,23-21+,28-26+,33-31+. The van der Waals surface area contributed by atoms with Crippen LogP contribution in [0.2, 0.25) is 0 Å². The Morgan fingerprint density at radius 3 is 1.24 bits per heavy atom. The van der Waals surface area contributed by atoms with Crippen molar-refractivity contribution in [2.45, 2.75) is 193 Å². The second-order valence-corrected chi connectivity index (χ2v) is 17.3. The van der Waals surface area contributed by atoms with Crippen molar-refractivity contribution >= 4 is 17.9 Å². The fourth-order valence-corrected chi connectivity index (χ4v) is 6.72. The van der Waals surface area contributed by atoms with E-state index in [-0.39, 0.29) is 36.2 Å². The molecule has 0 amide bonds. The number of unbranched alkanes of at least 4 members (excludes halogenated alkanes) is 13. The molecule has 0 fully saturated rings. The third-order valence-electron chi connectivity index (χ3n) is 10.5. The van der Waals surface area contributed by atoms with Gasteiger partial charge in [0.05, 0.1) is 34.4 Å². The lowest BCUT2D eigenvalue weighted by Crippen LogP contribution is -2.50. The van der Waals surface area contributed by atoms with Gasteiger partial charge in [-0.15, -0.1) is 0 Å². The van der Waals surface area contributed by atoms with Crippen molar-refractivity contribution in [1.82, 2.24) is 0 Å². The van der Waals surface area contributed by atoms with E-state index < -0.39 is 18.1 Å². The number of esters is 2. The van der Waals surface area contributed by atoms with E-state index in [1.54, 1.807) is 0 Å². The first-order valence-corrected chi connectivity index (χ1v) is 24.8. The van der Waals surface area contributed by atoms with Crippen molar-refractivity contribution in [2.75, 3.05) is 41.0 Å². The Bertz CT molecular complexity index is 1350. The van der Waals surface area contributed by atoms with Gasteiger partial charge in [-0.2, -0.15) is 0 Å². The number of ether oxygens (including phenoxy) is 3. The number of aliphatic carboxylic acids is 1. The zero-order valence-corrected chi connectivity index (χ0v) is 40.7. The lowest BCUT2D eigenvalue weighted by molar-refractivity contribution is -0.887. The first-order chi connectivity index (χ1) is 30.6. The Morgan fingerprint density at radius 1 is 0.476 bits per heavy atom. The third kappa shape index (κ3) is 43.3. The zero-order chi connectivity index (χ0) is 46.3. The van der Waals surface area contributed by atoms with Crippen LogP contribution in [0.1, 0.15) is 181 Å². The summed E-state index contributed by atoms with van der Waals surface area (Å²) in [6.07, 6.45) is 60.2. The van der Waals surface area contributed by atoms with E-state index in [4.69, 9.17) is 14.2 Å². The van der Waals surface area contributed by atoms with E-state index in [0.717, 1.165) is 109 Å². The lowest BCUT2D eigenvalue weighted by Gasteiger charge is -2.31. The molecule has 0 saturated carbocycles. The maximum atomic E-state index is 12.8. The number of hydrogen-bond acceptors (Lipinski definition) is 6. The lowest BCUT2D eigenvalue weighted by atomic mass is 10.1. The van der Waals surface area contributed by atoms with Gasteiger partial charge in [-0.25, -0.2) is 4.79 Å². The maximum Gasteiger partial charge on any atom is 0.362 e. The van der Waals surface area contributed by atoms with Crippen LogP contribution in [0.5, 0.6) is 0 Å². The van der Waals surface area contributed by atoms with Crippen LogP contribution in [0.3, 0.4) is 0 Å². The van der Waals surface area contributed by atoms with Crippen molar-refractivity contribution in [3.8, 4) is 0 Å². The van der Waals surface area contributed by atoms with Gasteiger partial charge in [0, 0.05) is 19.3 Å². The number of quaternary nitrogens is 1. The average molecular weight is 879 g/mol. The summed E-state index contributed by atoms with van der Waals surface area (Å²) in [4.78, 5) is 37.1. The average Bonchev–Trinajstić information content (AvgIpc) is 3.24. The molecule has 2 unspecified atom stereocenters. The molecule has 0 aromatic heterocycles. The SMILES string of the molecule is CC/C=C/C/C=C/C/C=C/C/C=C/C/C=C/CCCCCCC(=O)OCC(COCCC(C(=O)O)[N+](C)(C)C)OC(=O)CCCCCCCCCCC/C=C/C/C=C/C/C=C/CC. The van der Waals surface area contributed by atoms with Crippen LogP contribution in [0, 0.1) is 0 Å². The Labute approximate surface area is 386 Å². The van der Waals surface area contributed by atoms with Crippen LogP contribution in [0.15, 0.2) is 97.2 Å². The highest BCUT2D eigenvalue weighted by molar-refractivity contribution is 5.72. The van der Waals surface area contributed by atoms with Gasteiger partial charge in [0.25, 0.3) is 0 Å². The van der Waals surface area contributed by atoms with Crippen LogP contribution in [0.4, 0.5) is 0 Å². The van der Waals surface area contributed by atoms with Crippen molar-refractivity contribution in [3.63, 3.8) is 0 Å². The minimum Gasteiger partial charge on any atom is -0.477 e. The Hall–Kier alpha value is -3.75. The van der Waals surface area contributed by atoms with Gasteiger partial charge >= 0.3 is 17.9 Å². The molecule has 0 heterocycles. The molecule has 0 aliphatic carbocycles. The van der Waals surface area contributed by atoms with Gasteiger partial charge in [-0.1, -0.05) is 169 Å². The normalized spacial score (nSPS) is 13.7. The molecule has 0 saturated heterocycles. The van der Waals surface area contributed by atoms with Gasteiger partial charge < -0.3 is 23.8 Å². The molecule has 0 aromatic carbocycles. The van der Waals surface area contributed by atoms with Crippen LogP contribution in [0.25, 0.3) is 0 Å². The first-order valence-electron chi connectivity index (χ1n) is 24.8. The second-order valence-electron chi connectivity index (χ2n) is 17.3. The summed E-state index contributed by atoms with van der Waals surface area (Å²) >= 11 is 0. The molecule has 358 valence electrons. The van der Waals surface area contributed by atoms with Crippen LogP contribution in [-0.4, -0.2) is 80.6 Å². The quantitative estimate of drug-likeness (QED) is 0.0282. The fraction of sp³-hybridized carbons (Fsp3) is 0.655. The van der Waals surface area contributed by atoms with Crippen molar-refractivity contribution in [2.24, 2.45) is 0 Å².